The van der Waals surface area contributed by atoms with Crippen LogP contribution in [0.15, 0.2) is 47.6 Å². The van der Waals surface area contributed by atoms with Crippen LogP contribution in [0.25, 0.3) is 0 Å². The summed E-state index contributed by atoms with van der Waals surface area (Å²) in [5.74, 6) is -0.492. The molecule has 2 heterocycles. The van der Waals surface area contributed by atoms with Crippen molar-refractivity contribution in [2.45, 2.75) is 18.9 Å². The molecule has 0 saturated carbocycles. The number of anilines is 1. The molecular weight excluding hydrogens is 318 g/mol. The van der Waals surface area contributed by atoms with Crippen LogP contribution in [0.4, 0.5) is 5.69 Å². The Balaban J connectivity index is 1.93. The van der Waals surface area contributed by atoms with Gasteiger partial charge in [0.1, 0.15) is 17.1 Å². The fourth-order valence-corrected chi connectivity index (χ4v) is 2.72. The first-order valence-corrected chi connectivity index (χ1v) is 7.34. The maximum absolute atomic E-state index is 12.8. The van der Waals surface area contributed by atoms with E-state index in [1.54, 1.807) is 36.3 Å². The predicted octanol–water partition coefficient (Wildman–Crippen LogP) is 2.46. The van der Waals surface area contributed by atoms with Gasteiger partial charge in [0.2, 0.25) is 0 Å². The average Bonchev–Trinajstić information content (AvgIpc) is 2.50. The second kappa shape index (κ2) is 5.55. The smallest absolute Gasteiger partial charge is 0.251 e. The summed E-state index contributed by atoms with van der Waals surface area (Å²) in [5, 5.41) is 12.9. The zero-order valence-corrected chi connectivity index (χ0v) is 13.0. The lowest BCUT2D eigenvalue weighted by Crippen LogP contribution is -2.58. The molecule has 118 valence electrons. The number of carbonyl (C=O) groups is 2. The number of phenols is 1. The number of benzene rings is 1. The molecule has 2 N–H and O–H groups in total. The summed E-state index contributed by atoms with van der Waals surface area (Å²) in [6.07, 6.45) is 6.80. The Labute approximate surface area is 137 Å². The van der Waals surface area contributed by atoms with Crippen LogP contribution in [0.3, 0.4) is 0 Å². The number of hydrogen-bond donors (Lipinski definition) is 2. The Morgan fingerprint density at radius 1 is 1.43 bits per heavy atom. The van der Waals surface area contributed by atoms with Gasteiger partial charge in [0, 0.05) is 11.2 Å². The SMILES string of the molecule is CC1(C(=O)Nc2cc(Cl)ccc2O)CC(=O)N=C2C=CC=CN21. The highest BCUT2D eigenvalue weighted by Gasteiger charge is 2.45. The third-order valence-electron chi connectivity index (χ3n) is 3.80. The quantitative estimate of drug-likeness (QED) is 0.816. The van der Waals surface area contributed by atoms with Crippen molar-refractivity contribution in [1.82, 2.24) is 4.90 Å². The average molecular weight is 332 g/mol. The molecule has 23 heavy (non-hydrogen) atoms. The number of carbonyl (C=O) groups excluding carboxylic acids is 2. The molecule has 1 atom stereocenters. The molecule has 0 radical (unpaired) electrons. The van der Waals surface area contributed by atoms with Crippen molar-refractivity contribution in [2.24, 2.45) is 4.99 Å². The van der Waals surface area contributed by atoms with Crippen molar-refractivity contribution in [1.29, 1.82) is 0 Å². The Bertz CT molecular complexity index is 785. The zero-order valence-electron chi connectivity index (χ0n) is 12.3. The van der Waals surface area contributed by atoms with Crippen molar-refractivity contribution >= 4 is 34.9 Å². The van der Waals surface area contributed by atoms with Crippen molar-refractivity contribution < 1.29 is 14.7 Å². The standard InChI is InChI=1S/C16H14ClN3O3/c1-16(9-14(22)19-13-4-2-3-7-20(13)16)15(23)18-11-8-10(17)5-6-12(11)21/h2-8,21H,9H2,1H3,(H,18,23). The van der Waals surface area contributed by atoms with E-state index in [0.717, 1.165) is 0 Å². The molecule has 2 amide bonds. The first-order valence-electron chi connectivity index (χ1n) is 6.96. The molecule has 0 fully saturated rings. The van der Waals surface area contributed by atoms with Crippen molar-refractivity contribution in [3.05, 3.63) is 47.6 Å². The third-order valence-corrected chi connectivity index (χ3v) is 4.04. The fourth-order valence-electron chi connectivity index (χ4n) is 2.54. The lowest BCUT2D eigenvalue weighted by atomic mass is 9.91. The molecule has 1 aromatic carbocycles. The lowest BCUT2D eigenvalue weighted by Gasteiger charge is -2.41. The van der Waals surface area contributed by atoms with Gasteiger partial charge >= 0.3 is 0 Å². The summed E-state index contributed by atoms with van der Waals surface area (Å²) in [4.78, 5) is 30.3. The normalized spacial score (nSPS) is 22.6. The lowest BCUT2D eigenvalue weighted by molar-refractivity contribution is -0.130. The van der Waals surface area contributed by atoms with Gasteiger partial charge in [-0.3, -0.25) is 9.59 Å². The van der Waals surface area contributed by atoms with Crippen LogP contribution in [-0.2, 0) is 9.59 Å². The number of allylic oxidation sites excluding steroid dienone is 2. The van der Waals surface area contributed by atoms with Crippen LogP contribution in [0.1, 0.15) is 13.3 Å². The number of aliphatic imine (C=N–C) groups is 1. The second-order valence-corrected chi connectivity index (χ2v) is 5.94. The maximum Gasteiger partial charge on any atom is 0.251 e. The van der Waals surface area contributed by atoms with E-state index >= 15 is 0 Å². The number of aromatic hydroxyl groups is 1. The summed E-state index contributed by atoms with van der Waals surface area (Å²) in [7, 11) is 0. The molecule has 2 aliphatic rings. The van der Waals surface area contributed by atoms with Gasteiger partial charge in [0.25, 0.3) is 11.8 Å². The number of amides is 2. The van der Waals surface area contributed by atoms with E-state index in [1.165, 1.54) is 18.2 Å². The highest BCUT2D eigenvalue weighted by molar-refractivity contribution is 6.31. The monoisotopic (exact) mass is 331 g/mol. The van der Waals surface area contributed by atoms with Gasteiger partial charge in [-0.2, -0.15) is 4.99 Å². The minimum Gasteiger partial charge on any atom is -0.506 e. The van der Waals surface area contributed by atoms with Crippen molar-refractivity contribution in [3.8, 4) is 5.75 Å². The number of hydrogen-bond acceptors (Lipinski definition) is 4. The highest BCUT2D eigenvalue weighted by atomic mass is 35.5. The summed E-state index contributed by atoms with van der Waals surface area (Å²) < 4.78 is 0. The number of rotatable bonds is 2. The van der Waals surface area contributed by atoms with Crippen LogP contribution in [0.5, 0.6) is 5.75 Å². The van der Waals surface area contributed by atoms with Gasteiger partial charge in [-0.1, -0.05) is 17.7 Å². The molecule has 2 aliphatic heterocycles. The first-order chi connectivity index (χ1) is 10.9. The molecular formula is C16H14ClN3O3. The van der Waals surface area contributed by atoms with Gasteiger partial charge in [0.05, 0.1) is 12.1 Å². The molecule has 7 heteroatoms. The van der Waals surface area contributed by atoms with Crippen LogP contribution < -0.4 is 5.32 Å². The van der Waals surface area contributed by atoms with E-state index in [0.29, 0.717) is 10.9 Å². The largest absolute Gasteiger partial charge is 0.506 e. The first kappa shape index (κ1) is 15.3. The van der Waals surface area contributed by atoms with Gasteiger partial charge in [-0.25, -0.2) is 0 Å². The molecule has 1 unspecified atom stereocenters. The molecule has 0 spiro atoms. The Kier molecular flexibility index (Phi) is 3.69. The van der Waals surface area contributed by atoms with Crippen LogP contribution in [-0.4, -0.2) is 33.2 Å². The van der Waals surface area contributed by atoms with Gasteiger partial charge in [-0.05, 0) is 37.3 Å². The molecule has 0 saturated heterocycles. The van der Waals surface area contributed by atoms with E-state index in [-0.39, 0.29) is 23.8 Å². The van der Waals surface area contributed by atoms with E-state index in [4.69, 9.17) is 11.6 Å². The van der Waals surface area contributed by atoms with Crippen LogP contribution in [0.2, 0.25) is 5.02 Å². The number of phenolic OH excluding ortho intramolecular Hbond substituents is 1. The predicted molar refractivity (Wildman–Crippen MR) is 87.3 cm³/mol. The van der Waals surface area contributed by atoms with Crippen molar-refractivity contribution in [2.75, 3.05) is 5.32 Å². The van der Waals surface area contributed by atoms with E-state index < -0.39 is 11.4 Å². The molecule has 0 aliphatic carbocycles. The third kappa shape index (κ3) is 2.73. The summed E-state index contributed by atoms with van der Waals surface area (Å²) in [6, 6.07) is 4.35. The summed E-state index contributed by atoms with van der Waals surface area (Å²) in [5.41, 5.74) is -0.957. The zero-order chi connectivity index (χ0) is 16.6. The topological polar surface area (TPSA) is 82.0 Å². The van der Waals surface area contributed by atoms with Gasteiger partial charge in [-0.15, -0.1) is 0 Å². The van der Waals surface area contributed by atoms with Crippen LogP contribution in [0, 0.1) is 0 Å². The minimum atomic E-state index is -1.15. The van der Waals surface area contributed by atoms with E-state index in [9.17, 15) is 14.7 Å². The van der Waals surface area contributed by atoms with Gasteiger partial charge < -0.3 is 15.3 Å². The van der Waals surface area contributed by atoms with Crippen LogP contribution >= 0.6 is 11.6 Å². The molecule has 1 aromatic rings. The van der Waals surface area contributed by atoms with E-state index in [1.807, 2.05) is 0 Å². The summed E-state index contributed by atoms with van der Waals surface area (Å²) in [6.45, 7) is 1.65. The second-order valence-electron chi connectivity index (χ2n) is 5.50. The molecule has 0 bridgehead atoms. The number of nitrogens with zero attached hydrogens (tertiary/aromatic N) is 2. The fraction of sp³-hybridized carbons (Fsp3) is 0.188. The molecule has 6 nitrogen and oxygen atoms in total. The molecule has 0 aromatic heterocycles. The number of amidine groups is 1. The number of fused-ring (bicyclic) bond motifs is 1. The van der Waals surface area contributed by atoms with Crippen molar-refractivity contribution in [3.63, 3.8) is 0 Å². The minimum absolute atomic E-state index is 0.0676. The number of nitrogens with one attached hydrogen (secondary N) is 1. The summed E-state index contributed by atoms with van der Waals surface area (Å²) >= 11 is 5.89. The highest BCUT2D eigenvalue weighted by Crippen LogP contribution is 2.32. The van der Waals surface area contributed by atoms with Gasteiger partial charge in [0.15, 0.2) is 0 Å². The van der Waals surface area contributed by atoms with E-state index in [2.05, 4.69) is 10.3 Å². The Morgan fingerprint density at radius 3 is 3.00 bits per heavy atom. The Morgan fingerprint density at radius 2 is 2.22 bits per heavy atom. The maximum atomic E-state index is 12.8. The molecule has 3 rings (SSSR count). The Hall–Kier alpha value is -2.60. The number of halogens is 1.